The first-order valence-electron chi connectivity index (χ1n) is 6.28. The maximum Gasteiger partial charge on any atom is 0.237 e. The molecule has 0 aliphatic rings. The highest BCUT2D eigenvalue weighted by Gasteiger charge is 2.16. The van der Waals surface area contributed by atoms with Crippen molar-refractivity contribution in [2.75, 3.05) is 26.2 Å². The number of halogens is 1. The number of nitrogens with one attached hydrogen (secondary N) is 1. The minimum atomic E-state index is -0.388. The van der Waals surface area contributed by atoms with Crippen molar-refractivity contribution >= 4 is 18.3 Å². The lowest BCUT2D eigenvalue weighted by atomic mass is 10.1. The second kappa shape index (κ2) is 10.8. The van der Waals surface area contributed by atoms with Crippen LogP contribution in [-0.4, -0.2) is 43.0 Å². The lowest BCUT2D eigenvalue weighted by Gasteiger charge is -2.21. The molecule has 0 spiro atoms. The topological polar surface area (TPSA) is 58.4 Å². The van der Waals surface area contributed by atoms with Gasteiger partial charge in [0.05, 0.1) is 6.04 Å². The normalized spacial score (nSPS) is 12.4. The SMILES string of the molecule is CCCN(CC)CCNC(=O)[C@@H](N)C(C)C.Cl. The number of amides is 1. The number of carbonyl (C=O) groups is 1. The Hall–Kier alpha value is -0.320. The summed E-state index contributed by atoms with van der Waals surface area (Å²) in [4.78, 5) is 13.9. The van der Waals surface area contributed by atoms with Gasteiger partial charge in [-0.1, -0.05) is 27.7 Å². The van der Waals surface area contributed by atoms with Gasteiger partial charge in [-0.15, -0.1) is 12.4 Å². The zero-order valence-electron chi connectivity index (χ0n) is 11.5. The molecule has 0 saturated heterocycles. The van der Waals surface area contributed by atoms with Gasteiger partial charge in [0.25, 0.3) is 0 Å². The summed E-state index contributed by atoms with van der Waals surface area (Å²) in [6, 6.07) is -0.388. The van der Waals surface area contributed by atoms with E-state index < -0.39 is 0 Å². The van der Waals surface area contributed by atoms with E-state index in [4.69, 9.17) is 5.73 Å². The molecular formula is C12H28ClN3O. The number of hydrogen-bond donors (Lipinski definition) is 2. The monoisotopic (exact) mass is 265 g/mol. The number of rotatable bonds is 8. The van der Waals surface area contributed by atoms with Gasteiger partial charge in [0.15, 0.2) is 0 Å². The predicted octanol–water partition coefficient (Wildman–Crippen LogP) is 1.24. The maximum absolute atomic E-state index is 11.6. The van der Waals surface area contributed by atoms with Crippen molar-refractivity contribution < 1.29 is 4.79 Å². The molecular weight excluding hydrogens is 238 g/mol. The van der Waals surface area contributed by atoms with Gasteiger partial charge in [-0.3, -0.25) is 4.79 Å². The van der Waals surface area contributed by atoms with E-state index in [1.165, 1.54) is 0 Å². The van der Waals surface area contributed by atoms with Gasteiger partial charge in [-0.25, -0.2) is 0 Å². The van der Waals surface area contributed by atoms with Gasteiger partial charge in [-0.05, 0) is 25.4 Å². The fourth-order valence-corrected chi connectivity index (χ4v) is 1.50. The van der Waals surface area contributed by atoms with E-state index in [2.05, 4.69) is 24.1 Å². The van der Waals surface area contributed by atoms with Crippen molar-refractivity contribution in [3.05, 3.63) is 0 Å². The largest absolute Gasteiger partial charge is 0.353 e. The Bertz CT molecular complexity index is 200. The van der Waals surface area contributed by atoms with Crippen LogP contribution in [0.5, 0.6) is 0 Å². The van der Waals surface area contributed by atoms with E-state index in [-0.39, 0.29) is 30.3 Å². The van der Waals surface area contributed by atoms with E-state index in [0.717, 1.165) is 26.1 Å². The molecule has 0 aromatic heterocycles. The van der Waals surface area contributed by atoms with Gasteiger partial charge in [-0.2, -0.15) is 0 Å². The molecule has 0 rings (SSSR count). The third-order valence-corrected chi connectivity index (χ3v) is 2.74. The van der Waals surface area contributed by atoms with E-state index in [1.54, 1.807) is 0 Å². The second-order valence-electron chi connectivity index (χ2n) is 4.50. The van der Waals surface area contributed by atoms with E-state index in [0.29, 0.717) is 6.54 Å². The third-order valence-electron chi connectivity index (χ3n) is 2.74. The second-order valence-corrected chi connectivity index (χ2v) is 4.50. The molecule has 4 nitrogen and oxygen atoms in total. The van der Waals surface area contributed by atoms with Crippen molar-refractivity contribution in [1.82, 2.24) is 10.2 Å². The van der Waals surface area contributed by atoms with E-state index >= 15 is 0 Å². The Morgan fingerprint density at radius 2 is 1.88 bits per heavy atom. The van der Waals surface area contributed by atoms with Crippen molar-refractivity contribution in [3.8, 4) is 0 Å². The van der Waals surface area contributed by atoms with Crippen LogP contribution in [0.2, 0.25) is 0 Å². The maximum atomic E-state index is 11.6. The highest BCUT2D eigenvalue weighted by Crippen LogP contribution is 1.97. The standard InChI is InChI=1S/C12H27N3O.ClH/c1-5-8-15(6-2)9-7-14-12(16)11(13)10(3)4;/h10-11H,5-9,13H2,1-4H3,(H,14,16);1H/t11-;/m0./s1. The first-order chi connectivity index (χ1) is 7.52. The summed E-state index contributed by atoms with van der Waals surface area (Å²) >= 11 is 0. The van der Waals surface area contributed by atoms with Crippen molar-refractivity contribution in [2.24, 2.45) is 11.7 Å². The third kappa shape index (κ3) is 8.41. The molecule has 0 fully saturated rings. The molecule has 1 amide bonds. The smallest absolute Gasteiger partial charge is 0.237 e. The summed E-state index contributed by atoms with van der Waals surface area (Å²) in [6.07, 6.45) is 1.15. The summed E-state index contributed by atoms with van der Waals surface area (Å²) in [5.41, 5.74) is 5.74. The Morgan fingerprint density at radius 3 is 2.29 bits per heavy atom. The first kappa shape index (κ1) is 19.0. The van der Waals surface area contributed by atoms with Crippen LogP contribution in [-0.2, 0) is 4.79 Å². The lowest BCUT2D eigenvalue weighted by molar-refractivity contribution is -0.123. The van der Waals surface area contributed by atoms with Crippen LogP contribution >= 0.6 is 12.4 Å². The molecule has 17 heavy (non-hydrogen) atoms. The Balaban J connectivity index is 0. The summed E-state index contributed by atoms with van der Waals surface area (Å²) in [6.45, 7) is 11.9. The van der Waals surface area contributed by atoms with Crippen LogP contribution in [0.4, 0.5) is 0 Å². The van der Waals surface area contributed by atoms with Gasteiger partial charge in [0.1, 0.15) is 0 Å². The highest BCUT2D eigenvalue weighted by atomic mass is 35.5. The quantitative estimate of drug-likeness (QED) is 0.694. The number of likely N-dealkylation sites (N-methyl/N-ethyl adjacent to an activating group) is 1. The lowest BCUT2D eigenvalue weighted by Crippen LogP contribution is -2.46. The Labute approximate surface area is 112 Å². The zero-order chi connectivity index (χ0) is 12.6. The minimum Gasteiger partial charge on any atom is -0.353 e. The molecule has 5 heteroatoms. The molecule has 0 unspecified atom stereocenters. The van der Waals surface area contributed by atoms with Crippen LogP contribution in [0.1, 0.15) is 34.1 Å². The summed E-state index contributed by atoms with van der Waals surface area (Å²) in [7, 11) is 0. The van der Waals surface area contributed by atoms with Crippen molar-refractivity contribution in [2.45, 2.75) is 40.2 Å². The van der Waals surface area contributed by atoms with E-state index in [1.807, 2.05) is 13.8 Å². The van der Waals surface area contributed by atoms with Crippen molar-refractivity contribution in [3.63, 3.8) is 0 Å². The Morgan fingerprint density at radius 1 is 1.29 bits per heavy atom. The Kier molecular flexibility index (Phi) is 12.1. The van der Waals surface area contributed by atoms with Gasteiger partial charge in [0.2, 0.25) is 5.91 Å². The van der Waals surface area contributed by atoms with Crippen LogP contribution < -0.4 is 11.1 Å². The number of nitrogens with two attached hydrogens (primary N) is 1. The molecule has 0 aromatic carbocycles. The van der Waals surface area contributed by atoms with E-state index in [9.17, 15) is 4.79 Å². The molecule has 3 N–H and O–H groups in total. The molecule has 1 atom stereocenters. The molecule has 104 valence electrons. The van der Waals surface area contributed by atoms with Crippen molar-refractivity contribution in [1.29, 1.82) is 0 Å². The zero-order valence-corrected chi connectivity index (χ0v) is 12.3. The molecule has 0 bridgehead atoms. The first-order valence-corrected chi connectivity index (χ1v) is 6.28. The van der Waals surface area contributed by atoms with Crippen LogP contribution in [0.3, 0.4) is 0 Å². The predicted molar refractivity (Wildman–Crippen MR) is 75.5 cm³/mol. The van der Waals surface area contributed by atoms with Crippen LogP contribution in [0, 0.1) is 5.92 Å². The summed E-state index contributed by atoms with van der Waals surface area (Å²) in [5, 5.41) is 2.88. The summed E-state index contributed by atoms with van der Waals surface area (Å²) < 4.78 is 0. The molecule has 0 aliphatic carbocycles. The number of carbonyl (C=O) groups excluding carboxylic acids is 1. The van der Waals surface area contributed by atoms with Gasteiger partial charge >= 0.3 is 0 Å². The molecule has 0 radical (unpaired) electrons. The fourth-order valence-electron chi connectivity index (χ4n) is 1.50. The van der Waals surface area contributed by atoms with Gasteiger partial charge < -0.3 is 16.0 Å². The average Bonchev–Trinajstić information content (AvgIpc) is 2.26. The summed E-state index contributed by atoms with van der Waals surface area (Å²) in [5.74, 6) is 0.153. The molecule has 0 aromatic rings. The molecule has 0 saturated carbocycles. The van der Waals surface area contributed by atoms with Crippen LogP contribution in [0.25, 0.3) is 0 Å². The number of hydrogen-bond acceptors (Lipinski definition) is 3. The molecule has 0 aliphatic heterocycles. The fraction of sp³-hybridized carbons (Fsp3) is 0.917. The minimum absolute atomic E-state index is 0. The van der Waals surface area contributed by atoms with Crippen LogP contribution in [0.15, 0.2) is 0 Å². The van der Waals surface area contributed by atoms with Gasteiger partial charge in [0, 0.05) is 13.1 Å². The number of nitrogens with zero attached hydrogens (tertiary/aromatic N) is 1. The highest BCUT2D eigenvalue weighted by molar-refractivity contribution is 5.85. The molecule has 0 heterocycles. The average molecular weight is 266 g/mol.